The van der Waals surface area contributed by atoms with E-state index in [-0.39, 0.29) is 30.9 Å². The molecule has 3 aliphatic heterocycles. The fourth-order valence-electron chi connectivity index (χ4n) is 7.98. The van der Waals surface area contributed by atoms with E-state index in [1.165, 1.54) is 12.8 Å². The van der Waals surface area contributed by atoms with Crippen LogP contribution in [0.3, 0.4) is 0 Å². The molecule has 186 valence electrons. The number of hydrogen-bond acceptors (Lipinski definition) is 6. The molecule has 6 rings (SSSR count). The molecule has 6 atom stereocenters. The molecule has 2 aliphatic carbocycles. The summed E-state index contributed by atoms with van der Waals surface area (Å²) in [4.78, 5) is 15.0. The molecule has 0 aromatic heterocycles. The van der Waals surface area contributed by atoms with Crippen LogP contribution in [0.4, 0.5) is 10.5 Å². The number of carbonyl (C=O) groups excluding carboxylic acids is 1. The lowest BCUT2D eigenvalue weighted by molar-refractivity contribution is -0.0459. The molecule has 34 heavy (non-hydrogen) atoms. The summed E-state index contributed by atoms with van der Waals surface area (Å²) in [5.41, 5.74) is 0.943. The summed E-state index contributed by atoms with van der Waals surface area (Å²) in [6, 6.07) is 5.67. The Balaban J connectivity index is 1.14. The summed E-state index contributed by atoms with van der Waals surface area (Å²) in [5.74, 6) is 3.97. The van der Waals surface area contributed by atoms with Crippen molar-refractivity contribution in [3.8, 4) is 11.5 Å². The SMILES string of the molecule is COC1CCC2C(C1)CC1C2C2(CCN(C(=O)Nc3ccc4c(c3)OCO4)CC2)CN[C@H]1CO. The molecule has 1 aromatic carbocycles. The highest BCUT2D eigenvalue weighted by Crippen LogP contribution is 2.60. The molecular formula is C26H37N3O5. The molecular weight excluding hydrogens is 434 g/mol. The van der Waals surface area contributed by atoms with E-state index >= 15 is 0 Å². The molecule has 1 aromatic rings. The van der Waals surface area contributed by atoms with Crippen LogP contribution in [0.15, 0.2) is 18.2 Å². The highest BCUT2D eigenvalue weighted by molar-refractivity contribution is 5.89. The zero-order valence-electron chi connectivity index (χ0n) is 20.0. The van der Waals surface area contributed by atoms with Gasteiger partial charge in [0.2, 0.25) is 6.79 Å². The van der Waals surface area contributed by atoms with Crippen molar-refractivity contribution in [2.75, 3.05) is 45.5 Å². The third kappa shape index (κ3) is 3.74. The number of urea groups is 1. The molecule has 3 heterocycles. The lowest BCUT2D eigenvalue weighted by Gasteiger charge is -2.55. The second-order valence-electron chi connectivity index (χ2n) is 11.0. The summed E-state index contributed by atoms with van der Waals surface area (Å²) in [7, 11) is 1.84. The highest BCUT2D eigenvalue weighted by Gasteiger charge is 2.59. The number of amides is 2. The van der Waals surface area contributed by atoms with Crippen molar-refractivity contribution in [2.24, 2.45) is 29.1 Å². The standard InChI is InChI=1S/C26H37N3O5/c1-32-18-3-4-19-16(10-18)11-20-21(13-30)27-14-26(24(19)20)6-8-29(9-7-26)25(31)28-17-2-5-22-23(12-17)34-15-33-22/h2,5,12,16,18-21,24,27,30H,3-4,6-11,13-15H2,1H3,(H,28,31)/t16?,18?,19?,20?,21-,24?/m0/s1. The van der Waals surface area contributed by atoms with E-state index in [4.69, 9.17) is 14.2 Å². The van der Waals surface area contributed by atoms with Crippen LogP contribution in [0.25, 0.3) is 0 Å². The fourth-order valence-corrected chi connectivity index (χ4v) is 7.98. The zero-order valence-corrected chi connectivity index (χ0v) is 20.0. The zero-order chi connectivity index (χ0) is 23.3. The number of aliphatic hydroxyl groups is 1. The normalized spacial score (nSPS) is 35.6. The molecule has 1 spiro atoms. The van der Waals surface area contributed by atoms with Gasteiger partial charge in [0.25, 0.3) is 0 Å². The quantitative estimate of drug-likeness (QED) is 0.628. The molecule has 5 aliphatic rings. The lowest BCUT2D eigenvalue weighted by Crippen LogP contribution is -2.61. The predicted molar refractivity (Wildman–Crippen MR) is 127 cm³/mol. The minimum atomic E-state index is -0.0489. The summed E-state index contributed by atoms with van der Waals surface area (Å²) in [6.45, 7) is 2.93. The van der Waals surface area contributed by atoms with Crippen LogP contribution in [-0.2, 0) is 4.74 Å². The van der Waals surface area contributed by atoms with Crippen LogP contribution in [-0.4, -0.2) is 68.3 Å². The summed E-state index contributed by atoms with van der Waals surface area (Å²) in [5, 5.41) is 16.9. The highest BCUT2D eigenvalue weighted by atomic mass is 16.7. The number of aliphatic hydroxyl groups excluding tert-OH is 1. The Bertz CT molecular complexity index is 918. The average molecular weight is 472 g/mol. The monoisotopic (exact) mass is 471 g/mol. The van der Waals surface area contributed by atoms with Gasteiger partial charge in [0.1, 0.15) is 0 Å². The van der Waals surface area contributed by atoms with Crippen molar-refractivity contribution in [1.29, 1.82) is 0 Å². The second kappa shape index (κ2) is 8.88. The number of carbonyl (C=O) groups is 1. The first kappa shape index (κ1) is 22.4. The van der Waals surface area contributed by atoms with E-state index in [2.05, 4.69) is 10.6 Å². The van der Waals surface area contributed by atoms with Crippen molar-refractivity contribution in [3.63, 3.8) is 0 Å². The van der Waals surface area contributed by atoms with Crippen LogP contribution < -0.4 is 20.1 Å². The Morgan fingerprint density at radius 1 is 1.21 bits per heavy atom. The van der Waals surface area contributed by atoms with Gasteiger partial charge in [-0.05, 0) is 79.7 Å². The van der Waals surface area contributed by atoms with Crippen molar-refractivity contribution >= 4 is 11.7 Å². The first-order chi connectivity index (χ1) is 16.6. The van der Waals surface area contributed by atoms with Crippen LogP contribution in [0.5, 0.6) is 11.5 Å². The number of nitrogens with zero attached hydrogens (tertiary/aromatic N) is 1. The second-order valence-corrected chi connectivity index (χ2v) is 11.0. The number of rotatable bonds is 3. The van der Waals surface area contributed by atoms with Crippen molar-refractivity contribution in [3.05, 3.63) is 18.2 Å². The van der Waals surface area contributed by atoms with Crippen LogP contribution >= 0.6 is 0 Å². The third-order valence-electron chi connectivity index (χ3n) is 9.63. The average Bonchev–Trinajstić information content (AvgIpc) is 3.49. The molecule has 0 bridgehead atoms. The van der Waals surface area contributed by atoms with E-state index in [1.54, 1.807) is 0 Å². The molecule has 8 heteroatoms. The van der Waals surface area contributed by atoms with Gasteiger partial charge in [-0.1, -0.05) is 0 Å². The van der Waals surface area contributed by atoms with Gasteiger partial charge in [0.05, 0.1) is 12.7 Å². The number of fused-ring (bicyclic) bond motifs is 5. The molecule has 4 fully saturated rings. The topological polar surface area (TPSA) is 92.3 Å². The summed E-state index contributed by atoms with van der Waals surface area (Å²) in [6.07, 6.45) is 7.17. The molecule has 3 N–H and O–H groups in total. The maximum absolute atomic E-state index is 13.0. The van der Waals surface area contributed by atoms with Gasteiger partial charge in [-0.2, -0.15) is 0 Å². The van der Waals surface area contributed by atoms with Crippen molar-refractivity contribution in [2.45, 2.75) is 50.7 Å². The van der Waals surface area contributed by atoms with E-state index in [0.29, 0.717) is 35.4 Å². The van der Waals surface area contributed by atoms with Gasteiger partial charge in [-0.25, -0.2) is 4.79 Å². The number of methoxy groups -OCH3 is 1. The maximum Gasteiger partial charge on any atom is 0.321 e. The molecule has 8 nitrogen and oxygen atoms in total. The number of benzene rings is 1. The van der Waals surface area contributed by atoms with Gasteiger partial charge in [0, 0.05) is 44.5 Å². The molecule has 2 amide bonds. The van der Waals surface area contributed by atoms with Gasteiger partial charge < -0.3 is 34.9 Å². The van der Waals surface area contributed by atoms with Crippen molar-refractivity contribution in [1.82, 2.24) is 10.2 Å². The minimum absolute atomic E-state index is 0.0489. The van der Waals surface area contributed by atoms with Crippen LogP contribution in [0, 0.1) is 29.1 Å². The van der Waals surface area contributed by atoms with Gasteiger partial charge >= 0.3 is 6.03 Å². The van der Waals surface area contributed by atoms with E-state index in [0.717, 1.165) is 56.9 Å². The molecule has 0 radical (unpaired) electrons. The Morgan fingerprint density at radius 3 is 2.82 bits per heavy atom. The minimum Gasteiger partial charge on any atom is -0.454 e. The smallest absolute Gasteiger partial charge is 0.321 e. The third-order valence-corrected chi connectivity index (χ3v) is 9.63. The number of anilines is 1. The number of nitrogens with one attached hydrogen (secondary N) is 2. The first-order valence-electron chi connectivity index (χ1n) is 12.9. The molecule has 2 saturated heterocycles. The number of ether oxygens (including phenoxy) is 3. The number of hydrogen-bond donors (Lipinski definition) is 3. The Morgan fingerprint density at radius 2 is 2.03 bits per heavy atom. The van der Waals surface area contributed by atoms with E-state index in [1.807, 2.05) is 30.2 Å². The molecule has 5 unspecified atom stereocenters. The van der Waals surface area contributed by atoms with Gasteiger partial charge in [0.15, 0.2) is 11.5 Å². The largest absolute Gasteiger partial charge is 0.454 e. The van der Waals surface area contributed by atoms with Crippen LogP contribution in [0.1, 0.15) is 38.5 Å². The number of piperidine rings is 2. The van der Waals surface area contributed by atoms with E-state index < -0.39 is 0 Å². The van der Waals surface area contributed by atoms with Crippen LogP contribution in [0.2, 0.25) is 0 Å². The van der Waals surface area contributed by atoms with Gasteiger partial charge in [-0.15, -0.1) is 0 Å². The summed E-state index contributed by atoms with van der Waals surface area (Å²) >= 11 is 0. The van der Waals surface area contributed by atoms with Crippen molar-refractivity contribution < 1.29 is 24.1 Å². The first-order valence-corrected chi connectivity index (χ1v) is 12.9. The number of likely N-dealkylation sites (tertiary alicyclic amines) is 1. The summed E-state index contributed by atoms with van der Waals surface area (Å²) < 4.78 is 16.5. The Kier molecular flexibility index (Phi) is 5.86. The van der Waals surface area contributed by atoms with Gasteiger partial charge in [-0.3, -0.25) is 0 Å². The Labute approximate surface area is 201 Å². The maximum atomic E-state index is 13.0. The lowest BCUT2D eigenvalue weighted by atomic mass is 9.57. The molecule has 2 saturated carbocycles. The fraction of sp³-hybridized carbons (Fsp3) is 0.731. The van der Waals surface area contributed by atoms with E-state index in [9.17, 15) is 9.90 Å². The Hall–Kier alpha value is -2.03. The predicted octanol–water partition coefficient (Wildman–Crippen LogP) is 3.06.